The standard InChI is InChI=1S/C36H43N5O6S/c1-21(42)38-25-14-12-22-19-31(45-2)34(46-3)35(47-4)33(22)23-13-15-28(30(43)20-24(23)25)39-29(16-18-48-5)36(44)37-17-8-11-32-40-26-9-6-7-10-27(26)41-32/h6-7,9-10,13,15,19-20,25,29H,8,11-12,14,16-18H2,1-5H3,(H,37,44)(H,38,42)(H,39,43)(H,40,41). The van der Waals surface area contributed by atoms with Crippen molar-refractivity contribution >= 4 is 40.3 Å². The Morgan fingerprint density at radius 3 is 2.56 bits per heavy atom. The minimum Gasteiger partial charge on any atom is -0.493 e. The maximum Gasteiger partial charge on any atom is 0.242 e. The number of aromatic amines is 1. The number of fused-ring (bicyclic) bond motifs is 4. The molecule has 1 aliphatic rings. The second kappa shape index (κ2) is 15.9. The van der Waals surface area contributed by atoms with Crippen LogP contribution in [-0.2, 0) is 22.4 Å². The zero-order chi connectivity index (χ0) is 34.2. The van der Waals surface area contributed by atoms with Crippen molar-refractivity contribution in [3.8, 4) is 28.4 Å². The number of thioether (sulfide) groups is 1. The minimum absolute atomic E-state index is 0.180. The monoisotopic (exact) mass is 673 g/mol. The smallest absolute Gasteiger partial charge is 0.242 e. The molecule has 0 fully saturated rings. The van der Waals surface area contributed by atoms with Gasteiger partial charge in [-0.3, -0.25) is 14.4 Å². The molecule has 1 aliphatic carbocycles. The molecule has 0 saturated carbocycles. The Bertz CT molecular complexity index is 1810. The van der Waals surface area contributed by atoms with Crippen molar-refractivity contribution in [1.29, 1.82) is 0 Å². The molecule has 254 valence electrons. The number of carbonyl (C=O) groups excluding carboxylic acids is 2. The van der Waals surface area contributed by atoms with E-state index in [1.165, 1.54) is 6.92 Å². The van der Waals surface area contributed by atoms with E-state index < -0.39 is 12.1 Å². The summed E-state index contributed by atoms with van der Waals surface area (Å²) in [5, 5.41) is 9.32. The third kappa shape index (κ3) is 7.70. The normalized spacial score (nSPS) is 14.2. The number of nitrogens with zero attached hydrogens (tertiary/aromatic N) is 1. The lowest BCUT2D eigenvalue weighted by Crippen LogP contribution is -2.41. The van der Waals surface area contributed by atoms with Gasteiger partial charge in [-0.2, -0.15) is 11.8 Å². The number of carbonyl (C=O) groups is 2. The molecule has 0 bridgehead atoms. The van der Waals surface area contributed by atoms with Crippen LogP contribution in [0.4, 0.5) is 5.69 Å². The van der Waals surface area contributed by atoms with Gasteiger partial charge in [0.05, 0.1) is 44.1 Å². The van der Waals surface area contributed by atoms with Gasteiger partial charge in [0.25, 0.3) is 0 Å². The fraction of sp³-hybridized carbons (Fsp3) is 0.389. The number of aryl methyl sites for hydroxylation is 2. The molecule has 2 atom stereocenters. The first-order valence-corrected chi connectivity index (χ1v) is 17.4. The van der Waals surface area contributed by atoms with Crippen LogP contribution in [0.25, 0.3) is 22.2 Å². The highest BCUT2D eigenvalue weighted by molar-refractivity contribution is 7.98. The van der Waals surface area contributed by atoms with Crippen LogP contribution in [0.1, 0.15) is 49.2 Å². The molecule has 1 aromatic heterocycles. The summed E-state index contributed by atoms with van der Waals surface area (Å²) in [4.78, 5) is 47.5. The number of nitrogens with one attached hydrogen (secondary N) is 4. The predicted molar refractivity (Wildman–Crippen MR) is 191 cm³/mol. The molecule has 0 saturated heterocycles. The van der Waals surface area contributed by atoms with Crippen LogP contribution in [0.15, 0.2) is 53.3 Å². The third-order valence-corrected chi connectivity index (χ3v) is 9.14. The van der Waals surface area contributed by atoms with Crippen LogP contribution >= 0.6 is 11.8 Å². The van der Waals surface area contributed by atoms with Crippen LogP contribution in [-0.4, -0.2) is 67.7 Å². The Labute approximate surface area is 284 Å². The average Bonchev–Trinajstić information content (AvgIpc) is 3.36. The summed E-state index contributed by atoms with van der Waals surface area (Å²) < 4.78 is 17.2. The Morgan fingerprint density at radius 2 is 1.85 bits per heavy atom. The molecule has 3 aromatic carbocycles. The largest absolute Gasteiger partial charge is 0.493 e. The molecular formula is C36H43N5O6S. The molecule has 4 N–H and O–H groups in total. The molecule has 4 aromatic rings. The van der Waals surface area contributed by atoms with Crippen molar-refractivity contribution in [1.82, 2.24) is 20.6 Å². The fourth-order valence-electron chi connectivity index (χ4n) is 6.23. The number of ether oxygens (including phenoxy) is 3. The maximum absolute atomic E-state index is 13.8. The van der Waals surface area contributed by atoms with Gasteiger partial charge in [-0.1, -0.05) is 18.2 Å². The van der Waals surface area contributed by atoms with Crippen LogP contribution in [0.2, 0.25) is 0 Å². The van der Waals surface area contributed by atoms with Gasteiger partial charge in [0.1, 0.15) is 11.9 Å². The minimum atomic E-state index is -0.629. The number of anilines is 1. The first-order valence-electron chi connectivity index (χ1n) is 16.0. The van der Waals surface area contributed by atoms with Gasteiger partial charge in [-0.15, -0.1) is 0 Å². The lowest BCUT2D eigenvalue weighted by molar-refractivity contribution is -0.122. The molecule has 0 radical (unpaired) electrons. The van der Waals surface area contributed by atoms with Gasteiger partial charge in [0, 0.05) is 25.5 Å². The lowest BCUT2D eigenvalue weighted by Gasteiger charge is -2.19. The topological polar surface area (TPSA) is 144 Å². The van der Waals surface area contributed by atoms with Gasteiger partial charge in [0.15, 0.2) is 11.5 Å². The molecule has 12 heteroatoms. The summed E-state index contributed by atoms with van der Waals surface area (Å²) in [5.74, 6) is 2.66. The van der Waals surface area contributed by atoms with Crippen molar-refractivity contribution in [2.24, 2.45) is 0 Å². The van der Waals surface area contributed by atoms with E-state index >= 15 is 0 Å². The highest BCUT2D eigenvalue weighted by Gasteiger charge is 2.30. The van der Waals surface area contributed by atoms with Gasteiger partial charge in [-0.25, -0.2) is 4.98 Å². The highest BCUT2D eigenvalue weighted by Crippen LogP contribution is 2.50. The maximum atomic E-state index is 13.8. The van der Waals surface area contributed by atoms with Crippen LogP contribution in [0.5, 0.6) is 17.2 Å². The van der Waals surface area contributed by atoms with Crippen LogP contribution < -0.4 is 35.6 Å². The summed E-state index contributed by atoms with van der Waals surface area (Å²) in [7, 11) is 4.68. The fourth-order valence-corrected chi connectivity index (χ4v) is 6.71. The molecule has 1 heterocycles. The number of para-hydroxylation sites is 2. The van der Waals surface area contributed by atoms with E-state index in [4.69, 9.17) is 14.2 Å². The van der Waals surface area contributed by atoms with Crippen molar-refractivity contribution in [3.63, 3.8) is 0 Å². The van der Waals surface area contributed by atoms with E-state index in [2.05, 4.69) is 25.9 Å². The number of hydrogen-bond donors (Lipinski definition) is 4. The molecule has 0 spiro atoms. The predicted octanol–water partition coefficient (Wildman–Crippen LogP) is 5.02. The Kier molecular flexibility index (Phi) is 11.5. The molecule has 11 nitrogen and oxygen atoms in total. The van der Waals surface area contributed by atoms with Crippen molar-refractivity contribution in [2.75, 3.05) is 45.2 Å². The Morgan fingerprint density at radius 1 is 1.06 bits per heavy atom. The molecule has 2 amide bonds. The van der Waals surface area contributed by atoms with Crippen LogP contribution in [0.3, 0.4) is 0 Å². The lowest BCUT2D eigenvalue weighted by atomic mass is 9.95. The zero-order valence-electron chi connectivity index (χ0n) is 28.0. The number of methoxy groups -OCH3 is 3. The van der Waals surface area contributed by atoms with E-state index in [0.717, 1.165) is 39.3 Å². The first kappa shape index (κ1) is 34.6. The van der Waals surface area contributed by atoms with E-state index in [1.807, 2.05) is 42.7 Å². The number of imidazole rings is 1. The highest BCUT2D eigenvalue weighted by atomic mass is 32.2. The van der Waals surface area contributed by atoms with Gasteiger partial charge < -0.3 is 35.1 Å². The third-order valence-electron chi connectivity index (χ3n) is 8.50. The number of amides is 2. The molecule has 2 unspecified atom stereocenters. The van der Waals surface area contributed by atoms with Gasteiger partial charge in [0.2, 0.25) is 23.0 Å². The van der Waals surface area contributed by atoms with Crippen molar-refractivity contribution < 1.29 is 23.8 Å². The zero-order valence-corrected chi connectivity index (χ0v) is 28.8. The number of rotatable bonds is 14. The van der Waals surface area contributed by atoms with E-state index in [9.17, 15) is 14.4 Å². The van der Waals surface area contributed by atoms with Crippen LogP contribution in [0, 0.1) is 0 Å². The summed E-state index contributed by atoms with van der Waals surface area (Å²) in [6, 6.07) is 13.8. The Balaban J connectivity index is 1.43. The number of aromatic nitrogens is 2. The molecule has 48 heavy (non-hydrogen) atoms. The number of H-pyrrole nitrogens is 1. The number of hydrogen-bond acceptors (Lipinski definition) is 9. The van der Waals surface area contributed by atoms with Gasteiger partial charge >= 0.3 is 0 Å². The summed E-state index contributed by atoms with van der Waals surface area (Å²) in [6.07, 6.45) is 5.06. The molecule has 0 aliphatic heterocycles. The summed E-state index contributed by atoms with van der Waals surface area (Å²) in [6.45, 7) is 1.93. The van der Waals surface area contributed by atoms with E-state index in [1.54, 1.807) is 45.2 Å². The molecule has 5 rings (SSSR count). The van der Waals surface area contributed by atoms with Gasteiger partial charge in [-0.05, 0) is 84.7 Å². The summed E-state index contributed by atoms with van der Waals surface area (Å²) >= 11 is 1.63. The Hall–Kier alpha value is -4.71. The first-order chi connectivity index (χ1) is 23.3. The molecular weight excluding hydrogens is 630 g/mol. The number of benzene rings is 2. The van der Waals surface area contributed by atoms with E-state index in [0.29, 0.717) is 61.5 Å². The van der Waals surface area contributed by atoms with E-state index in [-0.39, 0.29) is 22.9 Å². The SMILES string of the molecule is COc1cc2c(c(OC)c1OC)-c1ccc(NC(CCSC)C(=O)NCCCc3nc4ccccc4[nH]3)c(=O)cc1C(NC(C)=O)CC2. The summed E-state index contributed by atoms with van der Waals surface area (Å²) in [5.41, 5.74) is 4.98. The van der Waals surface area contributed by atoms with Crippen molar-refractivity contribution in [3.05, 3.63) is 75.7 Å². The quantitative estimate of drug-likeness (QED) is 0.136. The second-order valence-electron chi connectivity index (χ2n) is 11.7. The van der Waals surface area contributed by atoms with Crippen molar-refractivity contribution in [2.45, 2.75) is 51.1 Å². The average molecular weight is 674 g/mol. The second-order valence-corrected chi connectivity index (χ2v) is 12.7.